The highest BCUT2D eigenvalue weighted by Gasteiger charge is 2.31. The molecule has 0 aliphatic carbocycles. The van der Waals surface area contributed by atoms with Gasteiger partial charge in [-0.05, 0) is 57.1 Å². The van der Waals surface area contributed by atoms with Crippen molar-refractivity contribution in [2.45, 2.75) is 45.1 Å². The third kappa shape index (κ3) is 4.14. The number of sulfonamides is 1. The minimum atomic E-state index is -3.03. The molecule has 2 aliphatic heterocycles. The van der Waals surface area contributed by atoms with Crippen LogP contribution in [0.3, 0.4) is 0 Å². The van der Waals surface area contributed by atoms with Gasteiger partial charge in [0.25, 0.3) is 0 Å². The lowest BCUT2D eigenvalue weighted by atomic mass is 9.90. The smallest absolute Gasteiger partial charge is 0.211 e. The number of aromatic nitrogens is 2. The second-order valence-corrected chi connectivity index (χ2v) is 9.11. The van der Waals surface area contributed by atoms with E-state index in [1.165, 1.54) is 30.4 Å². The fourth-order valence-electron chi connectivity index (χ4n) is 4.00. The predicted octanol–water partition coefficient (Wildman–Crippen LogP) is 1.40. The van der Waals surface area contributed by atoms with E-state index in [0.29, 0.717) is 25.0 Å². The molecule has 0 spiro atoms. The van der Waals surface area contributed by atoms with Gasteiger partial charge < -0.3 is 4.90 Å². The van der Waals surface area contributed by atoms with Crippen LogP contribution < -0.4 is 0 Å². The van der Waals surface area contributed by atoms with Crippen molar-refractivity contribution in [3.8, 4) is 0 Å². The fourth-order valence-corrected chi connectivity index (χ4v) is 4.88. The van der Waals surface area contributed by atoms with E-state index in [1.54, 1.807) is 4.31 Å². The van der Waals surface area contributed by atoms with E-state index in [4.69, 9.17) is 0 Å². The molecule has 7 heteroatoms. The fraction of sp³-hybridized carbons (Fsp3) is 0.812. The summed E-state index contributed by atoms with van der Waals surface area (Å²) in [6.45, 7) is 5.74. The molecule has 2 fully saturated rings. The molecule has 0 bridgehead atoms. The number of likely N-dealkylation sites (tertiary alicyclic amines) is 1. The largest absolute Gasteiger partial charge is 0.300 e. The molecule has 3 heterocycles. The lowest BCUT2D eigenvalue weighted by Gasteiger charge is -2.41. The van der Waals surface area contributed by atoms with Crippen LogP contribution in [0.25, 0.3) is 0 Å². The second-order valence-electron chi connectivity index (χ2n) is 7.13. The van der Waals surface area contributed by atoms with Crippen molar-refractivity contribution in [3.63, 3.8) is 0 Å². The standard InChI is InChI=1S/C16H28N4O2S/c1-13-11-17-18-16(13)10-14-4-3-7-19(12-14)15-5-8-20(9-6-15)23(2,21)22/h11,14-15H,3-10,12H2,1-2H3,(H,17,18)/t14-/m1/s1. The quantitative estimate of drug-likeness (QED) is 0.899. The number of H-pyrrole nitrogens is 1. The van der Waals surface area contributed by atoms with Gasteiger partial charge in [0.1, 0.15) is 0 Å². The van der Waals surface area contributed by atoms with Crippen LogP contribution in [0.2, 0.25) is 0 Å². The van der Waals surface area contributed by atoms with Crippen LogP contribution in [0, 0.1) is 12.8 Å². The Morgan fingerprint density at radius 3 is 2.61 bits per heavy atom. The summed E-state index contributed by atoms with van der Waals surface area (Å²) in [4.78, 5) is 2.60. The molecule has 2 saturated heterocycles. The molecule has 1 N–H and O–H groups in total. The number of piperidine rings is 2. The molecule has 0 saturated carbocycles. The van der Waals surface area contributed by atoms with E-state index < -0.39 is 10.0 Å². The number of hydrogen-bond acceptors (Lipinski definition) is 4. The molecule has 0 amide bonds. The molecule has 1 aromatic rings. The van der Waals surface area contributed by atoms with Gasteiger partial charge in [0.15, 0.2) is 0 Å². The molecule has 1 aromatic heterocycles. The molecule has 1 atom stereocenters. The third-order valence-electron chi connectivity index (χ3n) is 5.39. The van der Waals surface area contributed by atoms with Crippen LogP contribution in [0.4, 0.5) is 0 Å². The van der Waals surface area contributed by atoms with Gasteiger partial charge in [-0.2, -0.15) is 5.10 Å². The molecule has 23 heavy (non-hydrogen) atoms. The SMILES string of the molecule is Cc1cn[nH]c1C[C@H]1CCCN(C2CCN(S(C)(=O)=O)CC2)C1. The summed E-state index contributed by atoms with van der Waals surface area (Å²) in [5.41, 5.74) is 2.52. The highest BCUT2D eigenvalue weighted by Crippen LogP contribution is 2.26. The van der Waals surface area contributed by atoms with Gasteiger partial charge in [0.2, 0.25) is 10.0 Å². The van der Waals surface area contributed by atoms with E-state index in [1.807, 2.05) is 6.20 Å². The van der Waals surface area contributed by atoms with Gasteiger partial charge in [-0.3, -0.25) is 5.10 Å². The maximum absolute atomic E-state index is 11.6. The molecule has 2 aliphatic rings. The van der Waals surface area contributed by atoms with Crippen molar-refractivity contribution in [2.24, 2.45) is 5.92 Å². The molecule has 0 radical (unpaired) electrons. The number of nitrogens with zero attached hydrogens (tertiary/aromatic N) is 3. The number of nitrogens with one attached hydrogen (secondary N) is 1. The van der Waals surface area contributed by atoms with Crippen molar-refractivity contribution in [1.29, 1.82) is 0 Å². The molecular formula is C16H28N4O2S. The van der Waals surface area contributed by atoms with Gasteiger partial charge in [-0.25, -0.2) is 12.7 Å². The molecular weight excluding hydrogens is 312 g/mol. The maximum Gasteiger partial charge on any atom is 0.211 e. The summed E-state index contributed by atoms with van der Waals surface area (Å²) >= 11 is 0. The lowest BCUT2D eigenvalue weighted by Crippen LogP contribution is -2.49. The molecule has 6 nitrogen and oxygen atoms in total. The second kappa shape index (κ2) is 6.91. The Morgan fingerprint density at radius 2 is 2.00 bits per heavy atom. The average molecular weight is 340 g/mol. The van der Waals surface area contributed by atoms with Gasteiger partial charge in [-0.15, -0.1) is 0 Å². The van der Waals surface area contributed by atoms with Crippen molar-refractivity contribution in [3.05, 3.63) is 17.5 Å². The van der Waals surface area contributed by atoms with Crippen molar-refractivity contribution < 1.29 is 8.42 Å². The summed E-state index contributed by atoms with van der Waals surface area (Å²) in [7, 11) is -3.03. The van der Waals surface area contributed by atoms with Crippen molar-refractivity contribution >= 4 is 10.0 Å². The summed E-state index contributed by atoms with van der Waals surface area (Å²) in [6, 6.07) is 0.540. The number of aromatic amines is 1. The third-order valence-corrected chi connectivity index (χ3v) is 6.69. The minimum Gasteiger partial charge on any atom is -0.300 e. The van der Waals surface area contributed by atoms with E-state index in [0.717, 1.165) is 32.4 Å². The summed E-state index contributed by atoms with van der Waals surface area (Å²) in [5.74, 6) is 0.677. The monoisotopic (exact) mass is 340 g/mol. The molecule has 130 valence electrons. The van der Waals surface area contributed by atoms with Gasteiger partial charge in [0.05, 0.1) is 12.5 Å². The van der Waals surface area contributed by atoms with E-state index in [9.17, 15) is 8.42 Å². The van der Waals surface area contributed by atoms with Crippen molar-refractivity contribution in [1.82, 2.24) is 19.4 Å². The van der Waals surface area contributed by atoms with Gasteiger partial charge >= 0.3 is 0 Å². The Labute approximate surface area is 139 Å². The van der Waals surface area contributed by atoms with E-state index in [2.05, 4.69) is 22.0 Å². The first-order valence-corrected chi connectivity index (χ1v) is 10.5. The first kappa shape index (κ1) is 16.9. The first-order chi connectivity index (χ1) is 10.9. The zero-order valence-electron chi connectivity index (χ0n) is 14.2. The highest BCUT2D eigenvalue weighted by atomic mass is 32.2. The summed E-state index contributed by atoms with van der Waals surface area (Å²) in [6.07, 6.45) is 8.73. The van der Waals surface area contributed by atoms with E-state index >= 15 is 0 Å². The minimum absolute atomic E-state index is 0.540. The van der Waals surface area contributed by atoms with Crippen LogP contribution in [0.5, 0.6) is 0 Å². The normalized spacial score (nSPS) is 25.7. The number of rotatable bonds is 4. The van der Waals surface area contributed by atoms with Gasteiger partial charge in [0, 0.05) is 31.4 Å². The molecule has 0 unspecified atom stereocenters. The Balaban J connectivity index is 1.54. The van der Waals surface area contributed by atoms with Crippen LogP contribution in [-0.2, 0) is 16.4 Å². The Hall–Kier alpha value is -0.920. The lowest BCUT2D eigenvalue weighted by molar-refractivity contribution is 0.0893. The predicted molar refractivity (Wildman–Crippen MR) is 90.8 cm³/mol. The average Bonchev–Trinajstić information content (AvgIpc) is 2.92. The van der Waals surface area contributed by atoms with Crippen LogP contribution in [0.15, 0.2) is 6.20 Å². The zero-order chi connectivity index (χ0) is 16.4. The van der Waals surface area contributed by atoms with Crippen LogP contribution in [0.1, 0.15) is 36.9 Å². The Bertz CT molecular complexity index is 620. The Kier molecular flexibility index (Phi) is 5.08. The zero-order valence-corrected chi connectivity index (χ0v) is 15.0. The summed E-state index contributed by atoms with van der Waals surface area (Å²) < 4.78 is 24.9. The number of aryl methyl sites for hydroxylation is 1. The topological polar surface area (TPSA) is 69.3 Å². The number of hydrogen-bond donors (Lipinski definition) is 1. The Morgan fingerprint density at radius 1 is 1.26 bits per heavy atom. The first-order valence-electron chi connectivity index (χ1n) is 8.61. The molecule has 3 rings (SSSR count). The summed E-state index contributed by atoms with van der Waals surface area (Å²) in [5, 5.41) is 7.25. The molecule has 0 aromatic carbocycles. The van der Waals surface area contributed by atoms with Crippen LogP contribution in [-0.4, -0.2) is 66.3 Å². The van der Waals surface area contributed by atoms with E-state index in [-0.39, 0.29) is 0 Å². The maximum atomic E-state index is 11.6. The van der Waals surface area contributed by atoms with Gasteiger partial charge in [-0.1, -0.05) is 0 Å². The highest BCUT2D eigenvalue weighted by molar-refractivity contribution is 7.88. The van der Waals surface area contributed by atoms with Crippen molar-refractivity contribution in [2.75, 3.05) is 32.4 Å². The van der Waals surface area contributed by atoms with Crippen LogP contribution >= 0.6 is 0 Å².